The first kappa shape index (κ1) is 13.3. The third kappa shape index (κ3) is 3.22. The summed E-state index contributed by atoms with van der Waals surface area (Å²) in [5, 5.41) is 8.60. The van der Waals surface area contributed by atoms with Crippen molar-refractivity contribution >= 4 is 23.6 Å². The predicted octanol–water partition coefficient (Wildman–Crippen LogP) is 2.61. The van der Waals surface area contributed by atoms with E-state index in [9.17, 15) is 9.59 Å². The Labute approximate surface area is 112 Å². The van der Waals surface area contributed by atoms with E-state index in [0.29, 0.717) is 6.42 Å². The van der Waals surface area contributed by atoms with Crippen molar-refractivity contribution in [3.63, 3.8) is 0 Å². The van der Waals surface area contributed by atoms with Gasteiger partial charge in [-0.25, -0.2) is 4.79 Å². The van der Waals surface area contributed by atoms with Crippen LogP contribution in [0.25, 0.3) is 6.08 Å². The van der Waals surface area contributed by atoms with E-state index in [1.165, 1.54) is 0 Å². The van der Waals surface area contributed by atoms with Crippen LogP contribution in [0.3, 0.4) is 0 Å². The summed E-state index contributed by atoms with van der Waals surface area (Å²) in [5.74, 6) is -0.795. The second kappa shape index (κ2) is 5.69. The number of aryl methyl sites for hydroxylation is 1. The molecule has 19 heavy (non-hydrogen) atoms. The van der Waals surface area contributed by atoms with Crippen molar-refractivity contribution in [2.75, 3.05) is 11.4 Å². The SMILES string of the molecule is Cc1cc(/C=C/C(=O)O)ccc1N1CCCCC1=O. The molecule has 0 saturated carbocycles. The van der Waals surface area contributed by atoms with E-state index in [-0.39, 0.29) is 5.91 Å². The highest BCUT2D eigenvalue weighted by Crippen LogP contribution is 2.25. The molecule has 1 aromatic carbocycles. The summed E-state index contributed by atoms with van der Waals surface area (Å²) in [4.78, 5) is 24.2. The predicted molar refractivity (Wildman–Crippen MR) is 74.1 cm³/mol. The normalized spacial score (nSPS) is 16.1. The lowest BCUT2D eigenvalue weighted by Crippen LogP contribution is -2.35. The van der Waals surface area contributed by atoms with Gasteiger partial charge in [-0.2, -0.15) is 0 Å². The van der Waals surface area contributed by atoms with E-state index in [1.54, 1.807) is 6.08 Å². The molecular weight excluding hydrogens is 242 g/mol. The molecule has 1 saturated heterocycles. The molecule has 1 heterocycles. The highest BCUT2D eigenvalue weighted by molar-refractivity contribution is 5.95. The molecule has 1 aromatic rings. The molecule has 4 nitrogen and oxygen atoms in total. The number of carbonyl (C=O) groups is 2. The first-order chi connectivity index (χ1) is 9.08. The van der Waals surface area contributed by atoms with Crippen LogP contribution in [0.5, 0.6) is 0 Å². The fraction of sp³-hybridized carbons (Fsp3) is 0.333. The molecule has 1 aliphatic heterocycles. The molecule has 0 bridgehead atoms. The van der Waals surface area contributed by atoms with Gasteiger partial charge in [0.05, 0.1) is 0 Å². The van der Waals surface area contributed by atoms with E-state index in [4.69, 9.17) is 5.11 Å². The van der Waals surface area contributed by atoms with Gasteiger partial charge in [-0.05, 0) is 49.1 Å². The Morgan fingerprint density at radius 1 is 1.37 bits per heavy atom. The van der Waals surface area contributed by atoms with Gasteiger partial charge >= 0.3 is 5.97 Å². The molecule has 0 atom stereocenters. The topological polar surface area (TPSA) is 57.6 Å². The van der Waals surface area contributed by atoms with Gasteiger partial charge in [-0.3, -0.25) is 4.79 Å². The second-order valence-electron chi connectivity index (χ2n) is 4.72. The van der Waals surface area contributed by atoms with Crippen molar-refractivity contribution in [3.05, 3.63) is 35.4 Å². The molecule has 0 unspecified atom stereocenters. The van der Waals surface area contributed by atoms with Crippen LogP contribution < -0.4 is 4.90 Å². The largest absolute Gasteiger partial charge is 0.478 e. The zero-order chi connectivity index (χ0) is 13.8. The average Bonchev–Trinajstić information content (AvgIpc) is 2.38. The average molecular weight is 259 g/mol. The van der Waals surface area contributed by atoms with Crippen LogP contribution in [-0.2, 0) is 9.59 Å². The lowest BCUT2D eigenvalue weighted by Gasteiger charge is -2.28. The van der Waals surface area contributed by atoms with Crippen LogP contribution in [0.4, 0.5) is 5.69 Å². The molecule has 0 aromatic heterocycles. The molecule has 0 radical (unpaired) electrons. The Balaban J connectivity index is 2.23. The van der Waals surface area contributed by atoms with E-state index >= 15 is 0 Å². The molecule has 0 aliphatic carbocycles. The Morgan fingerprint density at radius 3 is 2.79 bits per heavy atom. The van der Waals surface area contributed by atoms with E-state index in [1.807, 2.05) is 30.0 Å². The number of piperidine rings is 1. The Bertz CT molecular complexity index is 534. The molecular formula is C15H17NO3. The standard InChI is InChI=1S/C15H17NO3/c1-11-10-12(6-8-15(18)19)5-7-13(11)16-9-3-2-4-14(16)17/h5-8,10H,2-4,9H2,1H3,(H,18,19)/b8-6+. The molecule has 100 valence electrons. The number of nitrogens with zero attached hydrogens (tertiary/aromatic N) is 1. The Morgan fingerprint density at radius 2 is 2.16 bits per heavy atom. The van der Waals surface area contributed by atoms with Crippen LogP contribution in [0.1, 0.15) is 30.4 Å². The van der Waals surface area contributed by atoms with Gasteiger partial charge in [0.25, 0.3) is 0 Å². The zero-order valence-corrected chi connectivity index (χ0v) is 10.9. The summed E-state index contributed by atoms with van der Waals surface area (Å²) in [6.45, 7) is 2.71. The number of carbonyl (C=O) groups excluding carboxylic acids is 1. The van der Waals surface area contributed by atoms with Crippen molar-refractivity contribution < 1.29 is 14.7 Å². The molecule has 0 spiro atoms. The van der Waals surface area contributed by atoms with Crippen molar-refractivity contribution in [1.29, 1.82) is 0 Å². The lowest BCUT2D eigenvalue weighted by atomic mass is 10.0. The maximum atomic E-state index is 11.9. The van der Waals surface area contributed by atoms with Gasteiger partial charge in [0, 0.05) is 24.7 Å². The van der Waals surface area contributed by atoms with Gasteiger partial charge in [0.1, 0.15) is 0 Å². The number of aliphatic carboxylic acids is 1. The third-order valence-electron chi connectivity index (χ3n) is 3.25. The number of hydrogen-bond donors (Lipinski definition) is 1. The van der Waals surface area contributed by atoms with Gasteiger partial charge in [-0.15, -0.1) is 0 Å². The van der Waals surface area contributed by atoms with E-state index < -0.39 is 5.97 Å². The fourth-order valence-electron chi connectivity index (χ4n) is 2.31. The minimum absolute atomic E-state index is 0.170. The third-order valence-corrected chi connectivity index (χ3v) is 3.25. The molecule has 1 amide bonds. The summed E-state index contributed by atoms with van der Waals surface area (Å²) in [6.07, 6.45) is 5.28. The molecule has 1 fully saturated rings. The summed E-state index contributed by atoms with van der Waals surface area (Å²) in [6, 6.07) is 5.63. The van der Waals surface area contributed by atoms with Gasteiger partial charge < -0.3 is 10.0 Å². The minimum Gasteiger partial charge on any atom is -0.478 e. The van der Waals surface area contributed by atoms with Crippen molar-refractivity contribution in [2.45, 2.75) is 26.2 Å². The summed E-state index contributed by atoms with van der Waals surface area (Å²) in [5.41, 5.74) is 2.74. The first-order valence-electron chi connectivity index (χ1n) is 6.40. The number of amides is 1. The van der Waals surface area contributed by atoms with Crippen LogP contribution in [0.15, 0.2) is 24.3 Å². The minimum atomic E-state index is -0.965. The van der Waals surface area contributed by atoms with E-state index in [2.05, 4.69) is 0 Å². The van der Waals surface area contributed by atoms with E-state index in [0.717, 1.165) is 42.3 Å². The van der Waals surface area contributed by atoms with Gasteiger partial charge in [0.2, 0.25) is 5.91 Å². The number of carboxylic acid groups (broad SMARTS) is 1. The molecule has 1 N–H and O–H groups in total. The number of rotatable bonds is 3. The molecule has 1 aliphatic rings. The summed E-state index contributed by atoms with van der Waals surface area (Å²) >= 11 is 0. The summed E-state index contributed by atoms with van der Waals surface area (Å²) < 4.78 is 0. The fourth-order valence-corrected chi connectivity index (χ4v) is 2.31. The highest BCUT2D eigenvalue weighted by Gasteiger charge is 2.20. The van der Waals surface area contributed by atoms with Gasteiger partial charge in [-0.1, -0.05) is 6.07 Å². The molecule has 2 rings (SSSR count). The molecule has 4 heteroatoms. The van der Waals surface area contributed by atoms with Crippen LogP contribution >= 0.6 is 0 Å². The Kier molecular flexibility index (Phi) is 4.00. The van der Waals surface area contributed by atoms with Crippen LogP contribution in [0.2, 0.25) is 0 Å². The second-order valence-corrected chi connectivity index (χ2v) is 4.72. The number of benzene rings is 1. The smallest absolute Gasteiger partial charge is 0.328 e. The number of hydrogen-bond acceptors (Lipinski definition) is 2. The number of carboxylic acids is 1. The van der Waals surface area contributed by atoms with Crippen LogP contribution in [0, 0.1) is 6.92 Å². The van der Waals surface area contributed by atoms with Gasteiger partial charge in [0.15, 0.2) is 0 Å². The monoisotopic (exact) mass is 259 g/mol. The van der Waals surface area contributed by atoms with Crippen molar-refractivity contribution in [2.24, 2.45) is 0 Å². The van der Waals surface area contributed by atoms with Crippen molar-refractivity contribution in [3.8, 4) is 0 Å². The highest BCUT2D eigenvalue weighted by atomic mass is 16.4. The maximum absolute atomic E-state index is 11.9. The van der Waals surface area contributed by atoms with Crippen LogP contribution in [-0.4, -0.2) is 23.5 Å². The quantitative estimate of drug-likeness (QED) is 0.849. The number of anilines is 1. The Hall–Kier alpha value is -2.10. The maximum Gasteiger partial charge on any atom is 0.328 e. The first-order valence-corrected chi connectivity index (χ1v) is 6.40. The zero-order valence-electron chi connectivity index (χ0n) is 10.9. The van der Waals surface area contributed by atoms with Crippen molar-refractivity contribution in [1.82, 2.24) is 0 Å². The summed E-state index contributed by atoms with van der Waals surface area (Å²) in [7, 11) is 0. The lowest BCUT2D eigenvalue weighted by molar-refractivity contribution is -0.131.